The average Bonchev–Trinajstić information content (AvgIpc) is 3.19. The molecule has 2 atom stereocenters. The van der Waals surface area contributed by atoms with E-state index in [1.807, 2.05) is 6.07 Å². The van der Waals surface area contributed by atoms with Crippen LogP contribution in [-0.4, -0.2) is 21.5 Å². The van der Waals surface area contributed by atoms with Gasteiger partial charge in [-0.3, -0.25) is 4.79 Å². The van der Waals surface area contributed by atoms with E-state index in [0.717, 1.165) is 0 Å². The maximum absolute atomic E-state index is 13.8. The number of fused-ring (bicyclic) bond motifs is 1. The second kappa shape index (κ2) is 5.67. The topological polar surface area (TPSA) is 70.2 Å². The minimum atomic E-state index is -1.07. The van der Waals surface area contributed by atoms with Crippen molar-refractivity contribution < 1.29 is 13.6 Å². The van der Waals surface area contributed by atoms with Gasteiger partial charge in [-0.25, -0.2) is 13.8 Å². The molecule has 2 unspecified atom stereocenters. The molecule has 1 aliphatic carbocycles. The molecule has 0 bridgehead atoms. The molecule has 1 saturated carbocycles. The Morgan fingerprint density at radius 1 is 1.32 bits per heavy atom. The van der Waals surface area contributed by atoms with Crippen molar-refractivity contribution in [3.63, 3.8) is 0 Å². The van der Waals surface area contributed by atoms with Crippen LogP contribution < -0.4 is 5.32 Å². The number of carbonyl (C=O) groups excluding carboxylic acids is 1. The molecule has 5 nitrogen and oxygen atoms in total. The Hall–Kier alpha value is -3.27. The number of rotatable bonds is 3. The Morgan fingerprint density at radius 3 is 2.84 bits per heavy atom. The number of anilines is 1. The zero-order valence-corrected chi connectivity index (χ0v) is 12.9. The number of pyridine rings is 1. The summed E-state index contributed by atoms with van der Waals surface area (Å²) < 4.78 is 28.4. The first-order valence-corrected chi connectivity index (χ1v) is 7.69. The van der Waals surface area contributed by atoms with Gasteiger partial charge in [-0.1, -0.05) is 12.1 Å². The van der Waals surface area contributed by atoms with Crippen molar-refractivity contribution in [2.75, 3.05) is 5.32 Å². The van der Waals surface area contributed by atoms with E-state index in [2.05, 4.69) is 10.3 Å². The van der Waals surface area contributed by atoms with E-state index < -0.39 is 17.9 Å². The molecular weight excluding hydrogens is 326 g/mol. The van der Waals surface area contributed by atoms with Gasteiger partial charge in [0.2, 0.25) is 5.91 Å². The smallest absolute Gasteiger partial charge is 0.231 e. The Kier molecular flexibility index (Phi) is 3.46. The molecule has 1 fully saturated rings. The van der Waals surface area contributed by atoms with Crippen molar-refractivity contribution in [1.29, 1.82) is 5.26 Å². The van der Waals surface area contributed by atoms with Crippen LogP contribution in [0.1, 0.15) is 12.0 Å². The van der Waals surface area contributed by atoms with Gasteiger partial charge in [0.05, 0.1) is 17.7 Å². The van der Waals surface area contributed by atoms with Crippen molar-refractivity contribution in [3.05, 3.63) is 54.1 Å². The van der Waals surface area contributed by atoms with E-state index >= 15 is 0 Å². The summed E-state index contributed by atoms with van der Waals surface area (Å²) in [5, 5.41) is 11.8. The molecule has 0 aliphatic heterocycles. The summed E-state index contributed by atoms with van der Waals surface area (Å²) in [4.78, 5) is 16.0. The van der Waals surface area contributed by atoms with E-state index in [1.165, 1.54) is 12.1 Å². The molecule has 124 valence electrons. The number of nitriles is 1. The zero-order chi connectivity index (χ0) is 17.6. The minimum Gasteiger partial charge on any atom is -0.309 e. The summed E-state index contributed by atoms with van der Waals surface area (Å²) in [6.45, 7) is 0. The number of halogens is 2. The number of hydrogen-bond donors (Lipinski definition) is 1. The standard InChI is InChI=1S/C18H12F2N4O/c19-14-3-1-2-11(13(14)7-21)10-4-5-17-22-16(9-24(17)8-10)23-18(25)12-6-15(12)20/h1-5,8-9,12,15H,6H2,(H,23,25). The molecule has 1 amide bonds. The number of carbonyl (C=O) groups is 1. The lowest BCUT2D eigenvalue weighted by molar-refractivity contribution is -0.117. The fourth-order valence-corrected chi connectivity index (χ4v) is 2.74. The highest BCUT2D eigenvalue weighted by molar-refractivity contribution is 5.94. The highest BCUT2D eigenvalue weighted by Gasteiger charge is 2.43. The fourth-order valence-electron chi connectivity index (χ4n) is 2.74. The van der Waals surface area contributed by atoms with Gasteiger partial charge >= 0.3 is 0 Å². The summed E-state index contributed by atoms with van der Waals surface area (Å²) >= 11 is 0. The highest BCUT2D eigenvalue weighted by atomic mass is 19.1. The van der Waals surface area contributed by atoms with Crippen LogP contribution in [0.5, 0.6) is 0 Å². The van der Waals surface area contributed by atoms with Crippen LogP contribution in [0.3, 0.4) is 0 Å². The Morgan fingerprint density at radius 2 is 2.12 bits per heavy atom. The van der Waals surface area contributed by atoms with Crippen molar-refractivity contribution in [2.45, 2.75) is 12.6 Å². The highest BCUT2D eigenvalue weighted by Crippen LogP contribution is 2.34. The number of aromatic nitrogens is 2. The molecule has 25 heavy (non-hydrogen) atoms. The SMILES string of the molecule is N#Cc1c(F)cccc1-c1ccc2nc(NC(=O)C3CC3F)cn2c1. The first kappa shape index (κ1) is 15.3. The summed E-state index contributed by atoms with van der Waals surface area (Å²) in [7, 11) is 0. The van der Waals surface area contributed by atoms with E-state index in [9.17, 15) is 13.6 Å². The quantitative estimate of drug-likeness (QED) is 0.796. The third-order valence-electron chi connectivity index (χ3n) is 4.19. The van der Waals surface area contributed by atoms with Crippen molar-refractivity contribution >= 4 is 17.4 Å². The number of nitrogens with zero attached hydrogens (tertiary/aromatic N) is 3. The molecule has 2 aromatic heterocycles. The van der Waals surface area contributed by atoms with Gasteiger partial charge in [0.25, 0.3) is 0 Å². The van der Waals surface area contributed by atoms with E-state index in [-0.39, 0.29) is 17.9 Å². The molecule has 1 N–H and O–H groups in total. The van der Waals surface area contributed by atoms with Gasteiger partial charge < -0.3 is 9.72 Å². The molecule has 7 heteroatoms. The first-order chi connectivity index (χ1) is 12.1. The number of amides is 1. The molecule has 2 heterocycles. The number of nitrogens with one attached hydrogen (secondary N) is 1. The van der Waals surface area contributed by atoms with Crippen molar-refractivity contribution in [3.8, 4) is 17.2 Å². The van der Waals surface area contributed by atoms with Crippen LogP contribution in [0.2, 0.25) is 0 Å². The summed E-state index contributed by atoms with van der Waals surface area (Å²) in [6, 6.07) is 9.74. The number of hydrogen-bond acceptors (Lipinski definition) is 3. The lowest BCUT2D eigenvalue weighted by Gasteiger charge is -2.05. The minimum absolute atomic E-state index is 0.0294. The van der Waals surface area contributed by atoms with Crippen LogP contribution in [0, 0.1) is 23.1 Å². The Bertz CT molecular complexity index is 1040. The number of alkyl halides is 1. The first-order valence-electron chi connectivity index (χ1n) is 7.69. The van der Waals surface area contributed by atoms with Crippen molar-refractivity contribution in [2.24, 2.45) is 5.92 Å². The lowest BCUT2D eigenvalue weighted by atomic mass is 10.0. The fraction of sp³-hybridized carbons (Fsp3) is 0.167. The second-order valence-corrected chi connectivity index (χ2v) is 5.93. The molecular formula is C18H12F2N4O. The van der Waals surface area contributed by atoms with Gasteiger partial charge in [0.1, 0.15) is 23.7 Å². The van der Waals surface area contributed by atoms with Crippen molar-refractivity contribution in [1.82, 2.24) is 9.38 Å². The molecule has 1 aromatic carbocycles. The second-order valence-electron chi connectivity index (χ2n) is 5.93. The summed E-state index contributed by atoms with van der Waals surface area (Å²) in [5.41, 5.74) is 1.66. The van der Waals surface area contributed by atoms with Gasteiger partial charge in [0, 0.05) is 11.8 Å². The van der Waals surface area contributed by atoms with E-state index in [1.54, 1.807) is 35.0 Å². The van der Waals surface area contributed by atoms with Gasteiger partial charge in [-0.05, 0) is 30.2 Å². The molecule has 3 aromatic rings. The third kappa shape index (κ3) is 2.72. The normalized spacial score (nSPS) is 18.8. The predicted octanol–water partition coefficient (Wildman–Crippen LogP) is 3.31. The average molecular weight is 338 g/mol. The van der Waals surface area contributed by atoms with Crippen LogP contribution in [0.25, 0.3) is 16.8 Å². The van der Waals surface area contributed by atoms with Crippen LogP contribution >= 0.6 is 0 Å². The maximum atomic E-state index is 13.8. The Balaban J connectivity index is 1.68. The largest absolute Gasteiger partial charge is 0.309 e. The van der Waals surface area contributed by atoms with Gasteiger partial charge in [-0.15, -0.1) is 0 Å². The van der Waals surface area contributed by atoms with Gasteiger partial charge in [-0.2, -0.15) is 5.26 Å². The lowest BCUT2D eigenvalue weighted by Crippen LogP contribution is -2.15. The third-order valence-corrected chi connectivity index (χ3v) is 4.19. The predicted molar refractivity (Wildman–Crippen MR) is 86.9 cm³/mol. The molecule has 0 spiro atoms. The van der Waals surface area contributed by atoms with Crippen LogP contribution in [0.4, 0.5) is 14.6 Å². The summed E-state index contributed by atoms with van der Waals surface area (Å²) in [5.74, 6) is -1.23. The van der Waals surface area contributed by atoms with Crippen LogP contribution in [-0.2, 0) is 4.79 Å². The summed E-state index contributed by atoms with van der Waals surface area (Å²) in [6.07, 6.45) is 2.47. The van der Waals surface area contributed by atoms with Gasteiger partial charge in [0.15, 0.2) is 5.82 Å². The molecule has 4 rings (SSSR count). The number of benzene rings is 1. The van der Waals surface area contributed by atoms with E-state index in [4.69, 9.17) is 5.26 Å². The molecule has 0 saturated heterocycles. The van der Waals surface area contributed by atoms with Crippen LogP contribution in [0.15, 0.2) is 42.7 Å². The maximum Gasteiger partial charge on any atom is 0.231 e. The van der Waals surface area contributed by atoms with E-state index in [0.29, 0.717) is 22.6 Å². The molecule has 1 aliphatic rings. The zero-order valence-electron chi connectivity index (χ0n) is 12.9. The monoisotopic (exact) mass is 338 g/mol. The Labute approximate surface area is 141 Å². The molecule has 0 radical (unpaired) electrons. The number of imidazole rings is 1.